The summed E-state index contributed by atoms with van der Waals surface area (Å²) in [6.45, 7) is 3.07. The minimum Gasteiger partial charge on any atom is -0.482 e. The molecule has 3 N–H and O–H groups in total. The average molecular weight is 588 g/mol. The van der Waals surface area contributed by atoms with Crippen LogP contribution in [0.2, 0.25) is 0 Å². The molecule has 0 aliphatic carbocycles. The Balaban J connectivity index is 1.29. The van der Waals surface area contributed by atoms with Gasteiger partial charge in [0.1, 0.15) is 17.7 Å². The lowest BCUT2D eigenvalue weighted by Crippen LogP contribution is -2.42. The highest BCUT2D eigenvalue weighted by molar-refractivity contribution is 5.96. The van der Waals surface area contributed by atoms with Crippen LogP contribution < -0.4 is 20.7 Å². The molecule has 0 saturated carbocycles. The number of urea groups is 1. The number of fused-ring (bicyclic) bond motifs is 1. The van der Waals surface area contributed by atoms with Crippen molar-refractivity contribution in [1.29, 1.82) is 0 Å². The third kappa shape index (κ3) is 6.04. The molecule has 4 aromatic rings. The number of hydrogen-bond donors (Lipinski definition) is 3. The number of methoxy groups -OCH3 is 1. The van der Waals surface area contributed by atoms with Gasteiger partial charge in [0.2, 0.25) is 5.95 Å². The van der Waals surface area contributed by atoms with Crippen LogP contribution in [0.4, 0.5) is 20.7 Å². The molecule has 13 heteroatoms. The number of halogens is 1. The van der Waals surface area contributed by atoms with Gasteiger partial charge >= 0.3 is 6.03 Å². The number of carbonyl (C=O) groups excluding carboxylic acids is 2. The summed E-state index contributed by atoms with van der Waals surface area (Å²) in [7, 11) is 1.59. The van der Waals surface area contributed by atoms with E-state index in [9.17, 15) is 14.0 Å². The van der Waals surface area contributed by atoms with Gasteiger partial charge < -0.3 is 20.1 Å². The van der Waals surface area contributed by atoms with E-state index >= 15 is 0 Å². The monoisotopic (exact) mass is 587 g/mol. The second-order valence-corrected chi connectivity index (χ2v) is 10.1. The van der Waals surface area contributed by atoms with Crippen LogP contribution in [0.25, 0.3) is 16.9 Å². The molecule has 0 spiro atoms. The fourth-order valence-electron chi connectivity index (χ4n) is 5.15. The van der Waals surface area contributed by atoms with Crippen molar-refractivity contribution in [1.82, 2.24) is 25.1 Å². The van der Waals surface area contributed by atoms with E-state index in [0.29, 0.717) is 53.8 Å². The Morgan fingerprint density at radius 2 is 2.02 bits per heavy atom. The zero-order valence-corrected chi connectivity index (χ0v) is 23.5. The van der Waals surface area contributed by atoms with Gasteiger partial charge in [-0.15, -0.1) is 0 Å². The third-order valence-corrected chi connectivity index (χ3v) is 7.21. The summed E-state index contributed by atoms with van der Waals surface area (Å²) < 4.78 is 26.3. The minimum absolute atomic E-state index is 0.0374. The Morgan fingerprint density at radius 1 is 1.19 bits per heavy atom. The number of pyridine rings is 1. The topological polar surface area (TPSA) is 132 Å². The maximum absolute atomic E-state index is 14.0. The van der Waals surface area contributed by atoms with Gasteiger partial charge in [-0.3, -0.25) is 14.9 Å². The Kier molecular flexibility index (Phi) is 8.01. The molecule has 0 bridgehead atoms. The van der Waals surface area contributed by atoms with Crippen molar-refractivity contribution in [2.75, 3.05) is 44.0 Å². The number of para-hydroxylation sites is 1. The Bertz CT molecular complexity index is 1650. The second-order valence-electron chi connectivity index (χ2n) is 10.1. The van der Waals surface area contributed by atoms with E-state index in [4.69, 9.17) is 19.4 Å². The SMILES string of the molecule is COCCN1C[C@@H](NC(=O)Nc2c(C)c(-c3ccc4c(c3)NC(=O)CO4)nn2-c2ccccc2)[C@H](c2ccnc(F)c2)O1. The summed E-state index contributed by atoms with van der Waals surface area (Å²) in [5.74, 6) is 0.157. The number of ether oxygens (including phenoxy) is 2. The number of rotatable bonds is 8. The lowest BCUT2D eigenvalue weighted by Gasteiger charge is -2.19. The predicted octanol–water partition coefficient (Wildman–Crippen LogP) is 3.84. The number of nitrogens with zero attached hydrogens (tertiary/aromatic N) is 4. The molecule has 2 aliphatic rings. The van der Waals surface area contributed by atoms with Crippen LogP contribution in [0.1, 0.15) is 17.2 Å². The minimum atomic E-state index is -0.636. The van der Waals surface area contributed by atoms with E-state index in [1.807, 2.05) is 43.3 Å². The molecule has 0 radical (unpaired) electrons. The standard InChI is InChI=1S/C30H30FN7O5/c1-18-27(19-8-9-24-22(14-19)33-26(39)17-42-24)36-38(21-6-4-3-5-7-21)29(18)35-30(40)34-23-16-37(12-13-41-2)43-28(23)20-10-11-32-25(31)15-20/h3-11,14-15,23,28H,12-13,16-17H2,1-2H3,(H,33,39)(H2,34,35,40)/t23-,28+/m1/s1. The number of benzene rings is 2. The quantitative estimate of drug-likeness (QED) is 0.265. The molecule has 2 aliphatic heterocycles. The molecule has 2 aromatic carbocycles. The third-order valence-electron chi connectivity index (χ3n) is 7.21. The van der Waals surface area contributed by atoms with E-state index in [2.05, 4.69) is 20.9 Å². The fourth-order valence-corrected chi connectivity index (χ4v) is 5.15. The Labute approximate surface area is 246 Å². The molecule has 2 atom stereocenters. The summed E-state index contributed by atoms with van der Waals surface area (Å²) in [6.07, 6.45) is 0.730. The number of anilines is 2. The van der Waals surface area contributed by atoms with Gasteiger partial charge in [-0.2, -0.15) is 14.6 Å². The van der Waals surface area contributed by atoms with Crippen LogP contribution in [-0.2, 0) is 14.4 Å². The zero-order chi connectivity index (χ0) is 29.9. The Morgan fingerprint density at radius 3 is 2.81 bits per heavy atom. The first-order chi connectivity index (χ1) is 20.9. The summed E-state index contributed by atoms with van der Waals surface area (Å²) in [5.41, 5.74) is 3.89. The van der Waals surface area contributed by atoms with Crippen molar-refractivity contribution < 1.29 is 28.3 Å². The molecule has 0 unspecified atom stereocenters. The maximum Gasteiger partial charge on any atom is 0.320 e. The highest BCUT2D eigenvalue weighted by Gasteiger charge is 2.37. The van der Waals surface area contributed by atoms with Crippen LogP contribution in [-0.4, -0.2) is 71.2 Å². The van der Waals surface area contributed by atoms with E-state index in [1.54, 1.807) is 35.1 Å². The van der Waals surface area contributed by atoms with Crippen molar-refractivity contribution in [2.24, 2.45) is 0 Å². The summed E-state index contributed by atoms with van der Waals surface area (Å²) in [5, 5.41) is 15.3. The molecule has 222 valence electrons. The molecule has 1 saturated heterocycles. The van der Waals surface area contributed by atoms with Crippen molar-refractivity contribution >= 4 is 23.4 Å². The van der Waals surface area contributed by atoms with Gasteiger partial charge in [0, 0.05) is 37.5 Å². The van der Waals surface area contributed by atoms with Crippen LogP contribution in [0, 0.1) is 12.9 Å². The normalized spacial score (nSPS) is 18.1. The number of nitrogens with one attached hydrogen (secondary N) is 3. The van der Waals surface area contributed by atoms with Crippen molar-refractivity contribution in [2.45, 2.75) is 19.1 Å². The molecule has 4 heterocycles. The maximum atomic E-state index is 14.0. The number of carbonyl (C=O) groups is 2. The van der Waals surface area contributed by atoms with Gasteiger partial charge in [0.25, 0.3) is 5.91 Å². The lowest BCUT2D eigenvalue weighted by molar-refractivity contribution is -0.154. The first-order valence-corrected chi connectivity index (χ1v) is 13.7. The van der Waals surface area contributed by atoms with Crippen molar-refractivity contribution in [3.63, 3.8) is 0 Å². The molecule has 43 heavy (non-hydrogen) atoms. The van der Waals surface area contributed by atoms with E-state index in [-0.39, 0.29) is 12.5 Å². The molecule has 3 amide bonds. The van der Waals surface area contributed by atoms with Crippen LogP contribution in [0.3, 0.4) is 0 Å². The summed E-state index contributed by atoms with van der Waals surface area (Å²) >= 11 is 0. The first-order valence-electron chi connectivity index (χ1n) is 13.7. The largest absolute Gasteiger partial charge is 0.482 e. The van der Waals surface area contributed by atoms with Crippen LogP contribution in [0.15, 0.2) is 66.9 Å². The number of amides is 3. The highest BCUT2D eigenvalue weighted by atomic mass is 19.1. The smallest absolute Gasteiger partial charge is 0.320 e. The molecular weight excluding hydrogens is 557 g/mol. The van der Waals surface area contributed by atoms with Crippen LogP contribution in [0.5, 0.6) is 5.75 Å². The molecule has 6 rings (SSSR count). The van der Waals surface area contributed by atoms with Crippen LogP contribution >= 0.6 is 0 Å². The average Bonchev–Trinajstić information content (AvgIpc) is 3.56. The second kappa shape index (κ2) is 12.2. The molecular formula is C30H30FN7O5. The molecule has 1 fully saturated rings. The Hall–Kier alpha value is -4.85. The summed E-state index contributed by atoms with van der Waals surface area (Å²) in [4.78, 5) is 35.1. The van der Waals surface area contributed by atoms with E-state index in [0.717, 1.165) is 11.3 Å². The number of aromatic nitrogens is 3. The van der Waals surface area contributed by atoms with Gasteiger partial charge in [-0.1, -0.05) is 18.2 Å². The van der Waals surface area contributed by atoms with Gasteiger partial charge in [-0.05, 0) is 55.0 Å². The highest BCUT2D eigenvalue weighted by Crippen LogP contribution is 2.36. The molecule has 12 nitrogen and oxygen atoms in total. The molecule has 2 aromatic heterocycles. The zero-order valence-electron chi connectivity index (χ0n) is 23.5. The summed E-state index contributed by atoms with van der Waals surface area (Å²) in [6, 6.07) is 16.8. The number of hydrogen-bond acceptors (Lipinski definition) is 8. The van der Waals surface area contributed by atoms with E-state index in [1.165, 1.54) is 12.3 Å². The van der Waals surface area contributed by atoms with Gasteiger partial charge in [-0.25, -0.2) is 14.5 Å². The van der Waals surface area contributed by atoms with E-state index < -0.39 is 24.1 Å². The first kappa shape index (κ1) is 28.3. The van der Waals surface area contributed by atoms with Crippen molar-refractivity contribution in [3.05, 3.63) is 83.9 Å². The fraction of sp³-hybridized carbons (Fsp3) is 0.267. The van der Waals surface area contributed by atoms with Gasteiger partial charge in [0.05, 0.1) is 29.7 Å². The number of hydroxylamine groups is 2. The lowest BCUT2D eigenvalue weighted by atomic mass is 10.0. The van der Waals surface area contributed by atoms with Crippen molar-refractivity contribution in [3.8, 4) is 22.7 Å². The predicted molar refractivity (Wildman–Crippen MR) is 155 cm³/mol. The van der Waals surface area contributed by atoms with Gasteiger partial charge in [0.15, 0.2) is 6.61 Å².